The van der Waals surface area contributed by atoms with Crippen molar-refractivity contribution in [3.8, 4) is 5.75 Å². The zero-order valence-electron chi connectivity index (χ0n) is 11.0. The van der Waals surface area contributed by atoms with Gasteiger partial charge in [0.2, 0.25) is 0 Å². The van der Waals surface area contributed by atoms with Crippen LogP contribution < -0.4 is 0 Å². The van der Waals surface area contributed by atoms with E-state index in [1.165, 1.54) is 19.3 Å². The van der Waals surface area contributed by atoms with E-state index in [1.807, 2.05) is 24.3 Å². The fraction of sp³-hybridized carbons (Fsp3) is 0.375. The molecule has 18 heavy (non-hydrogen) atoms. The van der Waals surface area contributed by atoms with Gasteiger partial charge >= 0.3 is 0 Å². The van der Waals surface area contributed by atoms with E-state index in [-0.39, 0.29) is 12.4 Å². The number of hydrogen-bond donors (Lipinski definition) is 2. The third kappa shape index (κ3) is 4.76. The molecule has 0 saturated carbocycles. The molecule has 0 unspecified atom stereocenters. The van der Waals surface area contributed by atoms with E-state index >= 15 is 0 Å². The van der Waals surface area contributed by atoms with Gasteiger partial charge in [0.05, 0.1) is 6.61 Å². The van der Waals surface area contributed by atoms with Crippen LogP contribution in [0.1, 0.15) is 43.7 Å². The molecule has 0 saturated heterocycles. The van der Waals surface area contributed by atoms with Crippen LogP contribution in [0, 0.1) is 0 Å². The molecule has 1 aromatic rings. The number of unbranched alkanes of at least 4 members (excludes halogenated alkanes) is 3. The average Bonchev–Trinajstić information content (AvgIpc) is 2.38. The number of aromatic hydroxyl groups is 1. The highest BCUT2D eigenvalue weighted by atomic mass is 16.3. The molecule has 0 heterocycles. The van der Waals surface area contributed by atoms with E-state index in [4.69, 9.17) is 0 Å². The quantitative estimate of drug-likeness (QED) is 0.563. The standard InChI is InChI=1S/C16H22O2/c1-2-3-4-5-6-7-8-10-14-11-9-12-16(18)15(14)13-17/h6-12,17-18H,2-5,13H2,1H3/b7-6+,10-8+. The molecule has 0 aromatic heterocycles. The van der Waals surface area contributed by atoms with Gasteiger partial charge in [0.15, 0.2) is 0 Å². The summed E-state index contributed by atoms with van der Waals surface area (Å²) in [4.78, 5) is 0. The molecule has 2 nitrogen and oxygen atoms in total. The van der Waals surface area contributed by atoms with E-state index in [0.717, 1.165) is 12.0 Å². The lowest BCUT2D eigenvalue weighted by Crippen LogP contribution is -1.88. The van der Waals surface area contributed by atoms with Crippen LogP contribution in [0.4, 0.5) is 0 Å². The molecule has 0 fully saturated rings. The highest BCUT2D eigenvalue weighted by molar-refractivity contribution is 5.58. The monoisotopic (exact) mass is 246 g/mol. The molecule has 0 aliphatic rings. The summed E-state index contributed by atoms with van der Waals surface area (Å²) in [6.07, 6.45) is 12.9. The summed E-state index contributed by atoms with van der Waals surface area (Å²) in [6.45, 7) is 2.05. The molecular weight excluding hydrogens is 224 g/mol. The van der Waals surface area contributed by atoms with Crippen molar-refractivity contribution in [2.45, 2.75) is 39.2 Å². The van der Waals surface area contributed by atoms with Gasteiger partial charge in [-0.05, 0) is 24.5 Å². The lowest BCUT2D eigenvalue weighted by atomic mass is 10.1. The second-order valence-corrected chi connectivity index (χ2v) is 4.29. The fourth-order valence-corrected chi connectivity index (χ4v) is 1.77. The smallest absolute Gasteiger partial charge is 0.121 e. The first kappa shape index (κ1) is 14.5. The lowest BCUT2D eigenvalue weighted by molar-refractivity contribution is 0.275. The number of aliphatic hydroxyl groups excluding tert-OH is 1. The van der Waals surface area contributed by atoms with Crippen LogP contribution in [0.25, 0.3) is 6.08 Å². The Morgan fingerprint density at radius 2 is 2.00 bits per heavy atom. The summed E-state index contributed by atoms with van der Waals surface area (Å²) in [6, 6.07) is 5.25. The van der Waals surface area contributed by atoms with Gasteiger partial charge in [-0.1, -0.05) is 56.2 Å². The summed E-state index contributed by atoms with van der Waals surface area (Å²) in [5.74, 6) is 0.145. The van der Waals surface area contributed by atoms with Crippen LogP contribution in [0.15, 0.2) is 36.4 Å². The molecule has 2 N–H and O–H groups in total. The Bertz CT molecular complexity index is 406. The van der Waals surface area contributed by atoms with Gasteiger partial charge in [0.25, 0.3) is 0 Å². The van der Waals surface area contributed by atoms with Crippen molar-refractivity contribution in [1.82, 2.24) is 0 Å². The number of phenols is 1. The number of hydrogen-bond acceptors (Lipinski definition) is 2. The molecule has 1 rings (SSSR count). The minimum Gasteiger partial charge on any atom is -0.508 e. The SMILES string of the molecule is CCCCC/C=C/C=C/c1cccc(O)c1CO. The van der Waals surface area contributed by atoms with Gasteiger partial charge in [0.1, 0.15) is 5.75 Å². The molecule has 0 bridgehead atoms. The Morgan fingerprint density at radius 3 is 2.72 bits per heavy atom. The molecule has 0 spiro atoms. The van der Waals surface area contributed by atoms with Crippen LogP contribution in [0.3, 0.4) is 0 Å². The highest BCUT2D eigenvalue weighted by Crippen LogP contribution is 2.21. The zero-order valence-corrected chi connectivity index (χ0v) is 11.0. The molecule has 0 radical (unpaired) electrons. The fourth-order valence-electron chi connectivity index (χ4n) is 1.77. The van der Waals surface area contributed by atoms with E-state index in [2.05, 4.69) is 13.0 Å². The van der Waals surface area contributed by atoms with Gasteiger partial charge in [-0.15, -0.1) is 0 Å². The van der Waals surface area contributed by atoms with E-state index in [1.54, 1.807) is 12.1 Å². The van der Waals surface area contributed by atoms with Crippen molar-refractivity contribution in [2.24, 2.45) is 0 Å². The van der Waals surface area contributed by atoms with Gasteiger partial charge in [-0.3, -0.25) is 0 Å². The van der Waals surface area contributed by atoms with Crippen LogP contribution in [0.5, 0.6) is 5.75 Å². The maximum Gasteiger partial charge on any atom is 0.121 e. The summed E-state index contributed by atoms with van der Waals surface area (Å²) in [5, 5.41) is 18.8. The van der Waals surface area contributed by atoms with Crippen molar-refractivity contribution in [1.29, 1.82) is 0 Å². The van der Waals surface area contributed by atoms with E-state index < -0.39 is 0 Å². The Labute approximate surface area is 109 Å². The van der Waals surface area contributed by atoms with Crippen molar-refractivity contribution in [2.75, 3.05) is 0 Å². The van der Waals surface area contributed by atoms with Gasteiger partial charge in [0, 0.05) is 5.56 Å². The van der Waals surface area contributed by atoms with Crippen molar-refractivity contribution in [3.05, 3.63) is 47.6 Å². The molecule has 2 heteroatoms. The number of allylic oxidation sites excluding steroid dienone is 3. The van der Waals surface area contributed by atoms with Crippen molar-refractivity contribution >= 4 is 6.08 Å². The predicted molar refractivity (Wildman–Crippen MR) is 76.3 cm³/mol. The van der Waals surface area contributed by atoms with Crippen molar-refractivity contribution < 1.29 is 10.2 Å². The molecule has 0 aliphatic heterocycles. The van der Waals surface area contributed by atoms with Gasteiger partial charge in [-0.2, -0.15) is 0 Å². The predicted octanol–water partition coefficient (Wildman–Crippen LogP) is 4.03. The Hall–Kier alpha value is -1.54. The molecule has 0 amide bonds. The maximum absolute atomic E-state index is 9.58. The minimum atomic E-state index is -0.146. The summed E-state index contributed by atoms with van der Waals surface area (Å²) >= 11 is 0. The van der Waals surface area contributed by atoms with Crippen LogP contribution in [0.2, 0.25) is 0 Å². The van der Waals surface area contributed by atoms with Gasteiger partial charge < -0.3 is 10.2 Å². The lowest BCUT2D eigenvalue weighted by Gasteiger charge is -2.04. The first-order valence-electron chi connectivity index (χ1n) is 6.54. The number of rotatable bonds is 7. The molecule has 0 atom stereocenters. The Balaban J connectivity index is 2.54. The molecular formula is C16H22O2. The molecule has 0 aliphatic carbocycles. The van der Waals surface area contributed by atoms with Crippen molar-refractivity contribution in [3.63, 3.8) is 0 Å². The highest BCUT2D eigenvalue weighted by Gasteiger charge is 2.02. The minimum absolute atomic E-state index is 0.145. The summed E-state index contributed by atoms with van der Waals surface area (Å²) in [5.41, 5.74) is 1.43. The van der Waals surface area contributed by atoms with Crippen LogP contribution >= 0.6 is 0 Å². The number of benzene rings is 1. The third-order valence-corrected chi connectivity index (χ3v) is 2.84. The third-order valence-electron chi connectivity index (χ3n) is 2.84. The van der Waals surface area contributed by atoms with Crippen LogP contribution in [-0.4, -0.2) is 10.2 Å². The van der Waals surface area contributed by atoms with E-state index in [0.29, 0.717) is 5.56 Å². The maximum atomic E-state index is 9.58. The largest absolute Gasteiger partial charge is 0.508 e. The van der Waals surface area contributed by atoms with Gasteiger partial charge in [-0.25, -0.2) is 0 Å². The zero-order chi connectivity index (χ0) is 13.2. The normalized spacial score (nSPS) is 11.7. The summed E-state index contributed by atoms with van der Waals surface area (Å²) < 4.78 is 0. The second kappa shape index (κ2) is 8.54. The van der Waals surface area contributed by atoms with E-state index in [9.17, 15) is 10.2 Å². The topological polar surface area (TPSA) is 40.5 Å². The first-order valence-corrected chi connectivity index (χ1v) is 6.54. The van der Waals surface area contributed by atoms with Crippen LogP contribution in [-0.2, 0) is 6.61 Å². The first-order chi connectivity index (χ1) is 8.79. The summed E-state index contributed by atoms with van der Waals surface area (Å²) in [7, 11) is 0. The Morgan fingerprint density at radius 1 is 1.17 bits per heavy atom. The molecule has 98 valence electrons. The Kier molecular flexibility index (Phi) is 6.89. The number of aliphatic hydroxyl groups is 1. The molecule has 1 aromatic carbocycles. The second-order valence-electron chi connectivity index (χ2n) is 4.29. The average molecular weight is 246 g/mol.